The van der Waals surface area contributed by atoms with E-state index in [-0.39, 0.29) is 6.04 Å². The molecule has 1 fully saturated rings. The fourth-order valence-electron chi connectivity index (χ4n) is 2.26. The summed E-state index contributed by atoms with van der Waals surface area (Å²) in [5.41, 5.74) is 1.10. The molecule has 1 N–H and O–H groups in total. The highest BCUT2D eigenvalue weighted by atomic mass is 32.2. The Balaban J connectivity index is 2.10. The Hall–Kier alpha value is -1.17. The van der Waals surface area contributed by atoms with Gasteiger partial charge in [0.15, 0.2) is 0 Å². The minimum absolute atomic E-state index is 0.152. The first-order chi connectivity index (χ1) is 10.1. The highest BCUT2D eigenvalue weighted by molar-refractivity contribution is 7.89. The van der Waals surface area contributed by atoms with Crippen LogP contribution in [0.3, 0.4) is 0 Å². The largest absolute Gasteiger partial charge is 0.313 e. The molecule has 1 aromatic rings. The van der Waals surface area contributed by atoms with Crippen LogP contribution in [0.25, 0.3) is 0 Å². The second-order valence-corrected chi connectivity index (χ2v) is 7.31. The zero-order chi connectivity index (χ0) is 15.3. The van der Waals surface area contributed by atoms with Gasteiger partial charge in [-0.1, -0.05) is 25.1 Å². The normalized spacial score (nSPS) is 15.3. The molecule has 0 bridgehead atoms. The Labute approximate surface area is 127 Å². The lowest BCUT2D eigenvalue weighted by molar-refractivity contribution is 0.436. The summed E-state index contributed by atoms with van der Waals surface area (Å²) in [7, 11) is -3.40. The molecule has 1 aliphatic carbocycles. The maximum atomic E-state index is 12.6. The first-order valence-corrected chi connectivity index (χ1v) is 8.96. The number of nitrogens with zero attached hydrogens (tertiary/aromatic N) is 1. The molecule has 5 heteroatoms. The van der Waals surface area contributed by atoms with Crippen molar-refractivity contribution in [1.82, 2.24) is 9.62 Å². The highest BCUT2D eigenvalue weighted by Crippen LogP contribution is 2.31. The monoisotopic (exact) mass is 308 g/mol. The zero-order valence-electron chi connectivity index (χ0n) is 12.6. The lowest BCUT2D eigenvalue weighted by atomic mass is 10.2. The van der Waals surface area contributed by atoms with Crippen molar-refractivity contribution < 1.29 is 8.42 Å². The van der Waals surface area contributed by atoms with Gasteiger partial charge >= 0.3 is 0 Å². The molecular formula is C16H24N2O2S. The molecule has 0 radical (unpaired) electrons. The van der Waals surface area contributed by atoms with Crippen LogP contribution in [-0.2, 0) is 16.6 Å². The molecule has 0 atom stereocenters. The number of rotatable bonds is 9. The third-order valence-electron chi connectivity index (χ3n) is 3.55. The second kappa shape index (κ2) is 7.20. The minimum Gasteiger partial charge on any atom is -0.313 e. The Kier molecular flexibility index (Phi) is 5.56. The van der Waals surface area contributed by atoms with Crippen molar-refractivity contribution in [1.29, 1.82) is 0 Å². The van der Waals surface area contributed by atoms with E-state index < -0.39 is 10.0 Å². The summed E-state index contributed by atoms with van der Waals surface area (Å²) in [4.78, 5) is 0.371. The van der Waals surface area contributed by atoms with E-state index in [4.69, 9.17) is 0 Å². The zero-order valence-corrected chi connectivity index (χ0v) is 13.4. The second-order valence-electron chi connectivity index (χ2n) is 5.42. The van der Waals surface area contributed by atoms with Crippen LogP contribution in [0, 0.1) is 0 Å². The van der Waals surface area contributed by atoms with E-state index in [2.05, 4.69) is 18.8 Å². The van der Waals surface area contributed by atoms with Crippen molar-refractivity contribution in [3.05, 3.63) is 42.5 Å². The summed E-state index contributed by atoms with van der Waals surface area (Å²) >= 11 is 0. The van der Waals surface area contributed by atoms with Gasteiger partial charge in [0.2, 0.25) is 10.0 Å². The summed E-state index contributed by atoms with van der Waals surface area (Å²) < 4.78 is 26.8. The fourth-order valence-corrected chi connectivity index (χ4v) is 3.91. The van der Waals surface area contributed by atoms with Crippen LogP contribution < -0.4 is 5.32 Å². The summed E-state index contributed by atoms with van der Waals surface area (Å²) in [6, 6.07) is 7.33. The van der Waals surface area contributed by atoms with E-state index in [1.807, 2.05) is 12.1 Å². The van der Waals surface area contributed by atoms with Crippen molar-refractivity contribution in [2.75, 3.05) is 13.1 Å². The van der Waals surface area contributed by atoms with Crippen molar-refractivity contribution in [3.63, 3.8) is 0 Å². The fraction of sp³-hybridized carbons (Fsp3) is 0.500. The molecule has 0 aromatic heterocycles. The van der Waals surface area contributed by atoms with E-state index >= 15 is 0 Å². The third-order valence-corrected chi connectivity index (χ3v) is 5.48. The molecule has 0 unspecified atom stereocenters. The molecular weight excluding hydrogens is 284 g/mol. The number of hydrogen-bond acceptors (Lipinski definition) is 3. The van der Waals surface area contributed by atoms with Gasteiger partial charge in [-0.25, -0.2) is 8.42 Å². The predicted octanol–water partition coefficient (Wildman–Crippen LogP) is 2.53. The standard InChI is InChI=1S/C16H24N2O2S/c1-3-11-17-13-14-5-9-16(10-6-14)21(19,20)18(12-4-2)15-7-8-15/h4-6,9-10,15,17H,2-3,7-8,11-13H2,1H3. The third kappa shape index (κ3) is 4.15. The van der Waals surface area contributed by atoms with Gasteiger partial charge in [0.25, 0.3) is 0 Å². The first-order valence-electron chi connectivity index (χ1n) is 7.52. The topological polar surface area (TPSA) is 49.4 Å². The molecule has 2 rings (SSSR count). The Morgan fingerprint density at radius 1 is 1.33 bits per heavy atom. The van der Waals surface area contributed by atoms with Crippen molar-refractivity contribution in [3.8, 4) is 0 Å². The van der Waals surface area contributed by atoms with Gasteiger partial charge in [-0.15, -0.1) is 6.58 Å². The average Bonchev–Trinajstić information content (AvgIpc) is 3.30. The molecule has 21 heavy (non-hydrogen) atoms. The van der Waals surface area contributed by atoms with Gasteiger partial charge in [-0.3, -0.25) is 0 Å². The Morgan fingerprint density at radius 2 is 2.00 bits per heavy atom. The van der Waals surface area contributed by atoms with E-state index in [9.17, 15) is 8.42 Å². The van der Waals surface area contributed by atoms with Gasteiger partial charge < -0.3 is 5.32 Å². The average molecular weight is 308 g/mol. The SMILES string of the molecule is C=CCN(C1CC1)S(=O)(=O)c1ccc(CNCCC)cc1. The van der Waals surface area contributed by atoms with Crippen molar-refractivity contribution >= 4 is 10.0 Å². The first kappa shape index (κ1) is 16.2. The van der Waals surface area contributed by atoms with Crippen molar-refractivity contribution in [2.24, 2.45) is 0 Å². The molecule has 1 aliphatic rings. The minimum atomic E-state index is -3.40. The van der Waals surface area contributed by atoms with Crippen LogP contribution in [0.2, 0.25) is 0 Å². The van der Waals surface area contributed by atoms with Gasteiger partial charge in [0, 0.05) is 19.1 Å². The summed E-state index contributed by atoms with van der Waals surface area (Å²) in [5, 5.41) is 3.31. The maximum Gasteiger partial charge on any atom is 0.243 e. The Morgan fingerprint density at radius 3 is 2.52 bits per heavy atom. The molecule has 0 saturated heterocycles. The van der Waals surface area contributed by atoms with Gasteiger partial charge in [-0.05, 0) is 43.5 Å². The number of benzene rings is 1. The van der Waals surface area contributed by atoms with Crippen molar-refractivity contribution in [2.45, 2.75) is 43.7 Å². The van der Waals surface area contributed by atoms with Gasteiger partial charge in [-0.2, -0.15) is 4.31 Å². The molecule has 0 spiro atoms. The summed E-state index contributed by atoms with van der Waals surface area (Å²) in [6.07, 6.45) is 4.64. The molecule has 4 nitrogen and oxygen atoms in total. The van der Waals surface area contributed by atoms with Crippen LogP contribution >= 0.6 is 0 Å². The van der Waals surface area contributed by atoms with Gasteiger partial charge in [0.1, 0.15) is 0 Å². The lowest BCUT2D eigenvalue weighted by Crippen LogP contribution is -2.33. The van der Waals surface area contributed by atoms with Crippen LogP contribution in [0.1, 0.15) is 31.7 Å². The quantitative estimate of drug-likeness (QED) is 0.563. The molecule has 0 heterocycles. The summed E-state index contributed by atoms with van der Waals surface area (Å²) in [5.74, 6) is 0. The lowest BCUT2D eigenvalue weighted by Gasteiger charge is -2.20. The van der Waals surface area contributed by atoms with Crippen LogP contribution in [0.4, 0.5) is 0 Å². The predicted molar refractivity (Wildman–Crippen MR) is 85.6 cm³/mol. The van der Waals surface area contributed by atoms with E-state index in [1.54, 1.807) is 22.5 Å². The molecule has 116 valence electrons. The molecule has 0 aliphatic heterocycles. The molecule has 0 amide bonds. The van der Waals surface area contributed by atoms with E-state index in [0.29, 0.717) is 11.4 Å². The van der Waals surface area contributed by atoms with E-state index in [0.717, 1.165) is 37.9 Å². The van der Waals surface area contributed by atoms with E-state index in [1.165, 1.54) is 0 Å². The Bertz CT molecular complexity index is 562. The smallest absolute Gasteiger partial charge is 0.243 e. The van der Waals surface area contributed by atoms with Crippen LogP contribution in [-0.4, -0.2) is 31.9 Å². The highest BCUT2D eigenvalue weighted by Gasteiger charge is 2.37. The van der Waals surface area contributed by atoms with Crippen LogP contribution in [0.15, 0.2) is 41.8 Å². The summed E-state index contributed by atoms with van der Waals surface area (Å²) in [6.45, 7) is 7.90. The van der Waals surface area contributed by atoms with Gasteiger partial charge in [0.05, 0.1) is 4.90 Å². The molecule has 1 aromatic carbocycles. The maximum absolute atomic E-state index is 12.6. The molecule has 1 saturated carbocycles. The number of sulfonamides is 1. The number of hydrogen-bond donors (Lipinski definition) is 1. The number of nitrogens with one attached hydrogen (secondary N) is 1. The van der Waals surface area contributed by atoms with Crippen LogP contribution in [0.5, 0.6) is 0 Å².